The van der Waals surface area contributed by atoms with Crippen LogP contribution in [0.3, 0.4) is 0 Å². The number of rotatable bonds is 24. The second-order valence-corrected chi connectivity index (χ2v) is 30.5. The number of nitrogens with zero attached hydrogens (tertiary/aromatic N) is 6. The number of nitrogens with one attached hydrogen (secondary N) is 3. The van der Waals surface area contributed by atoms with Crippen molar-refractivity contribution in [1.29, 1.82) is 0 Å². The highest BCUT2D eigenvalue weighted by Gasteiger charge is 2.27. The molecule has 0 bridgehead atoms. The Kier molecular flexibility index (Phi) is 19.9. The van der Waals surface area contributed by atoms with Crippen molar-refractivity contribution in [2.75, 3.05) is 40.8 Å². The Morgan fingerprint density at radius 3 is 0.964 bits per heavy atom. The molecule has 0 saturated carbocycles. The lowest BCUT2D eigenvalue weighted by atomic mass is 10.2. The summed E-state index contributed by atoms with van der Waals surface area (Å²) in [6.07, 6.45) is 9.97. The summed E-state index contributed by atoms with van der Waals surface area (Å²) in [5.74, 6) is 1.24. The standard InChI is InChI=1S/C33H42Cl3N9O3P4S4/c1-7-22-40-49(34,53)43(4)37-25-28-10-16-31(17-11-28)46-52(56,47-32-18-12-29(13-19-32)26-38-44(5)50(35,54)41-23-8-2)48-33-20-14-30(15-21-33)27-39-45(6)51(36,55)42-24-9-3/h7-21,25-27H,1-3,22-24H2,4-6H3,(H,40,53)(H,41,54)(H,42,55)/b37-25+,38-26+,39-27+. The fraction of sp³-hybridized carbons (Fsp3) is 0.182. The molecule has 0 aliphatic heterocycles. The number of benzene rings is 3. The van der Waals surface area contributed by atoms with E-state index < -0.39 is 23.8 Å². The van der Waals surface area contributed by atoms with Gasteiger partial charge in [0.1, 0.15) is 17.2 Å². The van der Waals surface area contributed by atoms with Crippen molar-refractivity contribution in [1.82, 2.24) is 29.6 Å². The minimum atomic E-state index is -3.54. The highest BCUT2D eigenvalue weighted by Crippen LogP contribution is 2.52. The van der Waals surface area contributed by atoms with Crippen LogP contribution in [0.4, 0.5) is 0 Å². The molecule has 0 spiro atoms. The molecule has 3 atom stereocenters. The van der Waals surface area contributed by atoms with Gasteiger partial charge in [-0.05, 0) is 159 Å². The Morgan fingerprint density at radius 2 is 0.750 bits per heavy atom. The van der Waals surface area contributed by atoms with Crippen LogP contribution >= 0.6 is 57.5 Å². The first kappa shape index (κ1) is 48.4. The summed E-state index contributed by atoms with van der Waals surface area (Å²) in [5.41, 5.74) is -5.44. The van der Waals surface area contributed by atoms with E-state index >= 15 is 0 Å². The second-order valence-electron chi connectivity index (χ2n) is 11.1. The number of halogens is 3. The summed E-state index contributed by atoms with van der Waals surface area (Å²) in [6, 6.07) is 21.2. The van der Waals surface area contributed by atoms with Gasteiger partial charge in [-0.1, -0.05) is 18.2 Å². The van der Waals surface area contributed by atoms with Gasteiger partial charge >= 0.3 is 6.72 Å². The van der Waals surface area contributed by atoms with Gasteiger partial charge in [-0.15, -0.1) is 19.7 Å². The van der Waals surface area contributed by atoms with Gasteiger partial charge in [-0.25, -0.2) is 14.3 Å². The predicted octanol–water partition coefficient (Wildman–Crippen LogP) is 9.96. The molecule has 12 nitrogen and oxygen atoms in total. The normalized spacial score (nSPS) is 15.9. The van der Waals surface area contributed by atoms with Gasteiger partial charge < -0.3 is 13.6 Å². The first-order chi connectivity index (χ1) is 26.4. The monoisotopic (exact) mass is 969 g/mol. The van der Waals surface area contributed by atoms with E-state index in [1.165, 1.54) is 14.3 Å². The molecule has 0 aliphatic carbocycles. The highest BCUT2D eigenvalue weighted by atomic mass is 35.7. The molecule has 3 N–H and O–H groups in total. The molecule has 0 radical (unpaired) electrons. The van der Waals surface area contributed by atoms with E-state index in [0.29, 0.717) is 36.9 Å². The highest BCUT2D eigenvalue weighted by molar-refractivity contribution is 8.25. The fourth-order valence-corrected chi connectivity index (χ4v) is 10.1. The molecule has 0 saturated heterocycles. The maximum atomic E-state index is 6.48. The van der Waals surface area contributed by atoms with Crippen LogP contribution in [-0.4, -0.2) is 73.8 Å². The Labute approximate surface area is 364 Å². The van der Waals surface area contributed by atoms with E-state index in [-0.39, 0.29) is 0 Å². The van der Waals surface area contributed by atoms with Crippen molar-refractivity contribution < 1.29 is 13.6 Å². The number of hydrogen-bond donors (Lipinski definition) is 3. The summed E-state index contributed by atoms with van der Waals surface area (Å²) in [6.45, 7) is 8.90. The van der Waals surface area contributed by atoms with Gasteiger partial charge in [0.15, 0.2) is 0 Å². The molecule has 56 heavy (non-hydrogen) atoms. The minimum Gasteiger partial charge on any atom is -0.407 e. The number of hydrogen-bond acceptors (Lipinski definition) is 10. The van der Waals surface area contributed by atoms with Crippen LogP contribution in [0.15, 0.2) is 126 Å². The van der Waals surface area contributed by atoms with Crippen LogP contribution in [-0.2, 0) is 47.2 Å². The van der Waals surface area contributed by atoms with Crippen LogP contribution in [0.1, 0.15) is 16.7 Å². The lowest BCUT2D eigenvalue weighted by molar-refractivity contribution is 0.384. The Bertz CT molecular complexity index is 1850. The molecule has 3 aromatic rings. The molecule has 0 aliphatic rings. The Morgan fingerprint density at radius 1 is 0.518 bits per heavy atom. The zero-order chi connectivity index (χ0) is 41.4. The van der Waals surface area contributed by atoms with Crippen molar-refractivity contribution in [2.24, 2.45) is 15.3 Å². The van der Waals surface area contributed by atoms with Crippen molar-refractivity contribution in [3.63, 3.8) is 0 Å². The summed E-state index contributed by atoms with van der Waals surface area (Å²) in [5, 5.41) is 22.4. The van der Waals surface area contributed by atoms with Crippen LogP contribution in [0.25, 0.3) is 0 Å². The summed E-state index contributed by atoms with van der Waals surface area (Å²) < 4.78 is 23.4. The van der Waals surface area contributed by atoms with E-state index in [0.717, 1.165) is 16.7 Å². The molecule has 0 aromatic heterocycles. The van der Waals surface area contributed by atoms with E-state index in [4.69, 9.17) is 94.5 Å². The molecule has 0 fully saturated rings. The average molecular weight is 971 g/mol. The maximum Gasteiger partial charge on any atom is 0.490 e. The van der Waals surface area contributed by atoms with Crippen LogP contribution < -0.4 is 28.8 Å². The molecule has 3 unspecified atom stereocenters. The predicted molar refractivity (Wildman–Crippen MR) is 257 cm³/mol. The Balaban J connectivity index is 1.83. The minimum absolute atomic E-state index is 0.413. The van der Waals surface area contributed by atoms with E-state index in [2.05, 4.69) is 50.3 Å². The third-order valence-electron chi connectivity index (χ3n) is 6.82. The summed E-state index contributed by atoms with van der Waals surface area (Å²) in [7, 11) is 5.13. The van der Waals surface area contributed by atoms with E-state index in [1.54, 1.807) is 131 Å². The van der Waals surface area contributed by atoms with Crippen molar-refractivity contribution in [2.45, 2.75) is 0 Å². The van der Waals surface area contributed by atoms with Crippen LogP contribution in [0.5, 0.6) is 17.2 Å². The topological polar surface area (TPSA) is 111 Å². The largest absolute Gasteiger partial charge is 0.490 e. The Hall–Kier alpha value is -1.96. The molecule has 0 heterocycles. The molecule has 302 valence electrons. The summed E-state index contributed by atoms with van der Waals surface area (Å²) >= 11 is 41.8. The number of hydrazone groups is 3. The van der Waals surface area contributed by atoms with Crippen LogP contribution in [0, 0.1) is 0 Å². The van der Waals surface area contributed by atoms with Crippen molar-refractivity contribution >= 4 is 123 Å². The second kappa shape index (κ2) is 23.0. The van der Waals surface area contributed by atoms with Gasteiger partial charge in [-0.3, -0.25) is 15.3 Å². The van der Waals surface area contributed by atoms with E-state index in [9.17, 15) is 0 Å². The molecular formula is C33H42Cl3N9O3P4S4. The zero-order valence-corrected chi connectivity index (χ0v) is 39.7. The zero-order valence-electron chi connectivity index (χ0n) is 30.6. The maximum absolute atomic E-state index is 6.48. The molecule has 3 aromatic carbocycles. The molecular weight excluding hydrogens is 929 g/mol. The van der Waals surface area contributed by atoms with Crippen LogP contribution in [0.2, 0.25) is 0 Å². The molecule has 3 rings (SSSR count). The van der Waals surface area contributed by atoms with Crippen molar-refractivity contribution in [3.8, 4) is 17.2 Å². The average Bonchev–Trinajstić information content (AvgIpc) is 3.17. The van der Waals surface area contributed by atoms with Gasteiger partial charge in [0.25, 0.3) is 0 Å². The summed E-state index contributed by atoms with van der Waals surface area (Å²) in [4.78, 5) is 0. The van der Waals surface area contributed by atoms with Gasteiger partial charge in [0, 0.05) is 52.6 Å². The van der Waals surface area contributed by atoms with Gasteiger partial charge in [-0.2, -0.15) is 15.3 Å². The first-order valence-corrected chi connectivity index (χ1v) is 29.8. The van der Waals surface area contributed by atoms with E-state index in [1.807, 2.05) is 0 Å². The quantitative estimate of drug-likeness (QED) is 0.0343. The first-order valence-electron chi connectivity index (χ1n) is 16.2. The SMILES string of the molecule is C=CCNP(=S)(Cl)N(C)/N=C/c1ccc(OP(=S)(Oc2ccc(/C=N/N(C)P(=S)(Cl)NCC=C)cc2)Oc2ccc(/C=N/N(C)P(=S)(Cl)NCC=C)cc2)cc1. The van der Waals surface area contributed by atoms with Gasteiger partial charge in [0.05, 0.1) is 18.6 Å². The van der Waals surface area contributed by atoms with Gasteiger partial charge in [0.2, 0.25) is 17.1 Å². The molecule has 0 amide bonds. The fourth-order valence-electron chi connectivity index (χ4n) is 3.78. The van der Waals surface area contributed by atoms with Crippen molar-refractivity contribution in [3.05, 3.63) is 127 Å². The smallest absolute Gasteiger partial charge is 0.407 e. The lowest BCUT2D eigenvalue weighted by Gasteiger charge is -2.24. The molecule has 23 heteroatoms. The lowest BCUT2D eigenvalue weighted by Crippen LogP contribution is -2.17. The third kappa shape index (κ3) is 16.4. The third-order valence-corrected chi connectivity index (χ3v) is 19.4.